The van der Waals surface area contributed by atoms with Crippen LogP contribution in [-0.4, -0.2) is 235 Å². The Bertz CT molecular complexity index is 5610. The predicted octanol–water partition coefficient (Wildman–Crippen LogP) is 19.3. The molecule has 0 aliphatic rings. The summed E-state index contributed by atoms with van der Waals surface area (Å²) >= 11 is 0. The molecular formula is C122H162N14O6S6+6. The lowest BCUT2D eigenvalue weighted by Crippen LogP contribution is -2.38. The average molecular weight is 2110 g/mol. The molecule has 148 heavy (non-hydrogen) atoms. The third-order valence-corrected chi connectivity index (χ3v) is 32.5. The van der Waals surface area contributed by atoms with Gasteiger partial charge in [0.25, 0.3) is 0 Å². The first-order valence-electron chi connectivity index (χ1n) is 51.9. The lowest BCUT2D eigenvalue weighted by molar-refractivity contribution is -0.698. The summed E-state index contributed by atoms with van der Waals surface area (Å²) < 4.78 is 13.7. The summed E-state index contributed by atoms with van der Waals surface area (Å²) in [5.74, 6) is 6.37. The van der Waals surface area contributed by atoms with E-state index in [9.17, 15) is 30.6 Å². The van der Waals surface area contributed by atoms with Gasteiger partial charge in [0.15, 0.2) is 113 Å². The van der Waals surface area contributed by atoms with Crippen molar-refractivity contribution in [1.29, 1.82) is 0 Å². The van der Waals surface area contributed by atoms with Gasteiger partial charge in [-0.1, -0.05) is 198 Å². The fourth-order valence-corrected chi connectivity index (χ4v) is 22.4. The third-order valence-electron chi connectivity index (χ3n) is 25.4. The lowest BCUT2D eigenvalue weighted by Gasteiger charge is -2.22. The molecule has 6 heterocycles. The molecule has 12 rings (SSSR count). The van der Waals surface area contributed by atoms with Crippen LogP contribution >= 0.6 is 64.8 Å². The molecule has 0 atom stereocenters. The third kappa shape index (κ3) is 43.7. The predicted molar refractivity (Wildman–Crippen MR) is 641 cm³/mol. The summed E-state index contributed by atoms with van der Waals surface area (Å²) in [6.07, 6.45) is 49.9. The minimum absolute atomic E-state index is 0.0571. The van der Waals surface area contributed by atoms with Crippen molar-refractivity contribution >= 4 is 172 Å². The van der Waals surface area contributed by atoms with Crippen LogP contribution in [0, 0.1) is 27.7 Å². The van der Waals surface area contributed by atoms with Gasteiger partial charge in [-0.05, 0) is 233 Å². The summed E-state index contributed by atoms with van der Waals surface area (Å²) in [4.78, 5) is 17.5. The molecule has 12 aromatic rings. The highest BCUT2D eigenvalue weighted by Gasteiger charge is 2.17. The number of rotatable bonds is 61. The second-order valence-corrected chi connectivity index (χ2v) is 45.2. The summed E-state index contributed by atoms with van der Waals surface area (Å²) in [5.41, 5.74) is 26.0. The monoisotopic (exact) mass is 2110 g/mol. The number of likely N-dealkylation sites (N-methyl/N-ethyl adjacent to an activating group) is 2. The van der Waals surface area contributed by atoms with Crippen LogP contribution in [0.5, 0.6) is 0 Å². The maximum atomic E-state index is 9.35. The van der Waals surface area contributed by atoms with Crippen molar-refractivity contribution in [1.82, 2.24) is 9.80 Å². The Kier molecular flexibility index (Phi) is 54.8. The van der Waals surface area contributed by atoms with Crippen molar-refractivity contribution in [2.24, 2.45) is 0 Å². The van der Waals surface area contributed by atoms with Gasteiger partial charge in [0.05, 0.1) is 74.2 Å². The number of aliphatic hydroxyl groups excluding tert-OH is 6. The summed E-state index contributed by atoms with van der Waals surface area (Å²) in [5, 5.41) is 55.7. The Morgan fingerprint density at radius 2 is 0.459 bits per heavy atom. The van der Waals surface area contributed by atoms with E-state index >= 15 is 0 Å². The van der Waals surface area contributed by atoms with Gasteiger partial charge in [-0.2, -0.15) is 0 Å². The maximum Gasteiger partial charge on any atom is 0.178 e. The first-order chi connectivity index (χ1) is 72.1. The Labute approximate surface area is 908 Å². The molecule has 0 amide bonds. The minimum Gasteiger partial charge on any atom is -0.395 e. The topological polar surface area (TPSA) is 171 Å². The van der Waals surface area contributed by atoms with Gasteiger partial charge in [-0.3, -0.25) is 0 Å². The van der Waals surface area contributed by atoms with Gasteiger partial charge >= 0.3 is 0 Å². The van der Waals surface area contributed by atoms with Crippen molar-refractivity contribution in [3.05, 3.63) is 358 Å². The maximum absolute atomic E-state index is 9.35. The first kappa shape index (κ1) is 119. The van der Waals surface area contributed by atoms with Gasteiger partial charge in [0, 0.05) is 200 Å². The van der Waals surface area contributed by atoms with E-state index in [-0.39, 0.29) is 39.6 Å². The molecule has 0 saturated heterocycles. The molecule has 0 fully saturated rings. The Balaban J connectivity index is 0.000000227. The normalized spacial score (nSPS) is 11.6. The largest absolute Gasteiger partial charge is 0.395 e. The summed E-state index contributed by atoms with van der Waals surface area (Å²) in [6.45, 7) is 28.8. The van der Waals surface area contributed by atoms with Crippen LogP contribution in [0.1, 0.15) is 116 Å². The van der Waals surface area contributed by atoms with E-state index in [1.807, 2.05) is 98.8 Å². The smallest absolute Gasteiger partial charge is 0.178 e. The lowest BCUT2D eigenvalue weighted by atomic mass is 10.1. The molecule has 786 valence electrons. The van der Waals surface area contributed by atoms with E-state index in [1.54, 1.807) is 0 Å². The summed E-state index contributed by atoms with van der Waals surface area (Å²) in [6, 6.07) is 73.2. The molecule has 0 bridgehead atoms. The van der Waals surface area contributed by atoms with E-state index in [0.717, 1.165) is 171 Å². The first-order valence-corrected chi connectivity index (χ1v) is 59.4. The fraction of sp³-hybridized carbons (Fsp3) is 0.361. The van der Waals surface area contributed by atoms with Gasteiger partial charge in [-0.15, -0.1) is 0 Å². The molecule has 26 heteroatoms. The Morgan fingerprint density at radius 3 is 0.703 bits per heavy atom. The highest BCUT2D eigenvalue weighted by molar-refractivity contribution is 8.77. The van der Waals surface area contributed by atoms with Crippen molar-refractivity contribution in [2.75, 3.05) is 224 Å². The van der Waals surface area contributed by atoms with Crippen LogP contribution in [0.4, 0.5) is 34.1 Å². The van der Waals surface area contributed by atoms with Crippen LogP contribution in [0.25, 0.3) is 72.9 Å². The molecular weight excluding hydrogens is 1950 g/mol. The number of nitrogens with zero attached hydrogens (tertiary/aromatic N) is 14. The van der Waals surface area contributed by atoms with Crippen LogP contribution in [0.3, 0.4) is 0 Å². The highest BCUT2D eigenvalue weighted by atomic mass is 33.1. The SMILES string of the molecule is CCN(CCO)c1ccc(/C=C/c2cc[n+](CCSSCC[n+]3ccc(/C=C/c4ccc(N(CC)CCO)cc4C)cc3C)c(C)c2)c(C)c1.CN(C)CCCN(C)c1ccc(/C=C/c2cc[n+](CCSSCC[n+]3ccc(/C=C/c4ccc(N(C)CCCN(C)C)cc4)cc3)cc2)cc1.OCCN(CCO)c1ccc(/C=C/c2cc[n+](CCSSCC[n+]3ccc(/C=C/c4ccc(N(CCO)CCO)cc4)cc3)cc2)cc1. The fourth-order valence-electron chi connectivity index (χ4n) is 16.6. The molecule has 0 aliphatic heterocycles. The van der Waals surface area contributed by atoms with Crippen LogP contribution < -0.4 is 56.8 Å². The Morgan fingerprint density at radius 1 is 0.230 bits per heavy atom. The summed E-state index contributed by atoms with van der Waals surface area (Å²) in [7, 11) is 24.4. The number of aromatic nitrogens is 6. The van der Waals surface area contributed by atoms with Crippen molar-refractivity contribution in [3.8, 4) is 0 Å². The van der Waals surface area contributed by atoms with E-state index in [2.05, 4.69) is 458 Å². The highest BCUT2D eigenvalue weighted by Crippen LogP contribution is 2.29. The molecule has 6 N–H and O–H groups in total. The molecule has 0 spiro atoms. The molecule has 0 unspecified atom stereocenters. The van der Waals surface area contributed by atoms with Crippen molar-refractivity contribution < 1.29 is 58.0 Å². The molecule has 6 aromatic heterocycles. The number of benzene rings is 6. The number of anilines is 6. The van der Waals surface area contributed by atoms with Crippen LogP contribution in [0.15, 0.2) is 268 Å². The number of aryl methyl sites for hydroxylation is 10. The number of hydrogen-bond acceptors (Lipinski definition) is 20. The van der Waals surface area contributed by atoms with E-state index in [1.165, 1.54) is 78.4 Å². The van der Waals surface area contributed by atoms with Gasteiger partial charge in [-0.25, -0.2) is 27.4 Å². The van der Waals surface area contributed by atoms with Gasteiger partial charge in [0.2, 0.25) is 0 Å². The zero-order valence-electron chi connectivity index (χ0n) is 89.4. The van der Waals surface area contributed by atoms with E-state index in [4.69, 9.17) is 0 Å². The average Bonchev–Trinajstić information content (AvgIpc) is 0.840. The van der Waals surface area contributed by atoms with Crippen LogP contribution in [0.2, 0.25) is 0 Å². The minimum atomic E-state index is 0.0571. The van der Waals surface area contributed by atoms with Gasteiger partial charge < -0.3 is 69.8 Å². The molecule has 6 aromatic carbocycles. The molecule has 0 radical (unpaired) electrons. The Hall–Kier alpha value is -10.8. The number of aliphatic hydroxyl groups is 6. The van der Waals surface area contributed by atoms with Crippen molar-refractivity contribution in [2.45, 2.75) is 93.7 Å². The van der Waals surface area contributed by atoms with Gasteiger partial charge in [0.1, 0.15) is 0 Å². The zero-order chi connectivity index (χ0) is 105. The number of pyridine rings is 6. The quantitative estimate of drug-likeness (QED) is 0.0121. The van der Waals surface area contributed by atoms with Crippen LogP contribution in [-0.2, 0) is 39.3 Å². The molecule has 0 aliphatic carbocycles. The van der Waals surface area contributed by atoms with Crippen molar-refractivity contribution in [3.63, 3.8) is 0 Å². The molecule has 20 nitrogen and oxygen atoms in total. The second kappa shape index (κ2) is 68.1. The molecule has 0 saturated carbocycles. The van der Waals surface area contributed by atoms with E-state index in [0.29, 0.717) is 39.3 Å². The number of hydrogen-bond donors (Lipinski definition) is 6. The zero-order valence-corrected chi connectivity index (χ0v) is 94.3. The standard InChI is InChI=1S/C42H58N6S2.C42H56N4O2S2.C38H48N4O4S2/c1-43(2)25-7-27-45(5)41-17-13-37(14-18-41)9-11-39-21-29-47(30-22-39)33-35-49-50-36-34-48-31-23-40(24-32-48)12-10-38-15-19-42(20-16-38)46(6)28-8-26-44(3)4;1-7-43(21-25-47)41-15-13-39(33(3)29-41)11-9-37-17-19-45(35(5)31-37)23-27-49-50-28-24-46-20-18-38(32-36(46)6)10-12-40-14-16-42(30-34(40)4)44(8-2)22-26-48;43-27-21-41(22-28-44)37-9-5-33(6-10-37)1-3-35-13-17-39(18-14-35)25-31-47-48-32-26-40-19-15-36(16-20-40)4-2-34-7-11-38(12-8-34)42(23-29-45)24-30-46/h9-24,29-32H,7-8,25-28,33-36H2,1-6H3;9-20,29-32,47-48H,7-8,21-28H2,1-6H3;1-20,43-46H,21-32H2/q3*+2. The second-order valence-electron chi connectivity index (χ2n) is 37.1. The van der Waals surface area contributed by atoms with E-state index < -0.39 is 0 Å².